The monoisotopic (exact) mass is 124 g/mol. The molecule has 30 valence electrons. The van der Waals surface area contributed by atoms with Gasteiger partial charge in [0.15, 0.2) is 0 Å². The quantitative estimate of drug-likeness (QED) is 0.435. The molecular weight excluding hydrogens is 113 g/mol. The third-order valence-electron chi connectivity index (χ3n) is 0. The van der Waals surface area contributed by atoms with E-state index >= 15 is 0 Å². The van der Waals surface area contributed by atoms with Crippen LogP contribution in [-0.2, 0) is 19.5 Å². The number of hydrogen-bond donors (Lipinski definition) is 0. The minimum atomic E-state index is 0. The van der Waals surface area contributed by atoms with Gasteiger partial charge < -0.3 is 0 Å². The van der Waals surface area contributed by atoms with E-state index in [1.165, 1.54) is 0 Å². The van der Waals surface area contributed by atoms with E-state index in [-0.39, 0.29) is 19.5 Å². The van der Waals surface area contributed by atoms with Crippen LogP contribution in [0.25, 0.3) is 0 Å². The van der Waals surface area contributed by atoms with Crippen LogP contribution in [0.1, 0.15) is 27.7 Å². The van der Waals surface area contributed by atoms with Gasteiger partial charge >= 0.3 is 0 Å². The Kier molecular flexibility index (Phi) is 546. The molecule has 0 fully saturated rings. The summed E-state index contributed by atoms with van der Waals surface area (Å²) in [5, 5.41) is 0. The van der Waals surface area contributed by atoms with Gasteiger partial charge in [0.05, 0.1) is 0 Å². The summed E-state index contributed by atoms with van der Waals surface area (Å²) in [6.45, 7) is 8.00. The van der Waals surface area contributed by atoms with E-state index in [0.29, 0.717) is 0 Å². The molecule has 0 aliphatic rings. The molecule has 0 atom stereocenters. The predicted molar refractivity (Wildman–Crippen MR) is 22.7 cm³/mol. The smallest absolute Gasteiger partial charge is 0 e. The molecule has 0 radical (unpaired) electrons. The molecule has 0 aromatic heterocycles. The van der Waals surface area contributed by atoms with E-state index in [0.717, 1.165) is 0 Å². The topological polar surface area (TPSA) is 0 Å². The summed E-state index contributed by atoms with van der Waals surface area (Å²) in [7, 11) is 0. The Balaban J connectivity index is -0.0000000133. The van der Waals surface area contributed by atoms with E-state index in [1.807, 2.05) is 27.7 Å². The van der Waals surface area contributed by atoms with Crippen LogP contribution in [0.4, 0.5) is 0 Å². The first-order valence-electron chi connectivity index (χ1n) is 2.00. The molecule has 0 aromatic rings. The van der Waals surface area contributed by atoms with Crippen molar-refractivity contribution < 1.29 is 19.5 Å². The second-order valence-electron chi connectivity index (χ2n) is 0. The fourth-order valence-electron chi connectivity index (χ4n) is 0. The van der Waals surface area contributed by atoms with Crippen molar-refractivity contribution in [2.45, 2.75) is 27.7 Å². The fraction of sp³-hybridized carbons (Fsp3) is 1.00. The summed E-state index contributed by atoms with van der Waals surface area (Å²) >= 11 is 0. The SMILES string of the molecule is CC.CC.[Zn]. The van der Waals surface area contributed by atoms with Crippen LogP contribution in [-0.4, -0.2) is 0 Å². The van der Waals surface area contributed by atoms with Crippen molar-refractivity contribution in [3.05, 3.63) is 0 Å². The maximum atomic E-state index is 2.00. The Morgan fingerprint density at radius 1 is 0.600 bits per heavy atom. The van der Waals surface area contributed by atoms with E-state index in [4.69, 9.17) is 0 Å². The summed E-state index contributed by atoms with van der Waals surface area (Å²) in [5.74, 6) is 0. The van der Waals surface area contributed by atoms with Crippen molar-refractivity contribution in [2.24, 2.45) is 0 Å². The second kappa shape index (κ2) is 156. The minimum absolute atomic E-state index is 0. The molecule has 0 amide bonds. The molecule has 0 saturated carbocycles. The first kappa shape index (κ1) is 17.5. The van der Waals surface area contributed by atoms with Crippen LogP contribution in [0.5, 0.6) is 0 Å². The third-order valence-corrected chi connectivity index (χ3v) is 0. The summed E-state index contributed by atoms with van der Waals surface area (Å²) in [4.78, 5) is 0. The first-order chi connectivity index (χ1) is 2.00. The molecule has 0 aliphatic heterocycles. The Labute approximate surface area is 47.7 Å². The van der Waals surface area contributed by atoms with Gasteiger partial charge in [-0.3, -0.25) is 0 Å². The van der Waals surface area contributed by atoms with Crippen LogP contribution in [0.2, 0.25) is 0 Å². The molecule has 0 unspecified atom stereocenters. The molecule has 0 spiro atoms. The largest absolute Gasteiger partial charge is 0.0683 e. The average molecular weight is 126 g/mol. The van der Waals surface area contributed by atoms with Crippen molar-refractivity contribution in [3.63, 3.8) is 0 Å². The van der Waals surface area contributed by atoms with Crippen LogP contribution in [0.15, 0.2) is 0 Å². The molecule has 0 aliphatic carbocycles. The summed E-state index contributed by atoms with van der Waals surface area (Å²) in [6.07, 6.45) is 0. The average Bonchev–Trinajstić information content (AvgIpc) is 1.50. The van der Waals surface area contributed by atoms with Gasteiger partial charge in [-0.1, -0.05) is 27.7 Å². The maximum absolute atomic E-state index is 2.00. The van der Waals surface area contributed by atoms with Crippen LogP contribution in [0.3, 0.4) is 0 Å². The molecule has 0 aromatic carbocycles. The van der Waals surface area contributed by atoms with Crippen molar-refractivity contribution in [3.8, 4) is 0 Å². The van der Waals surface area contributed by atoms with Crippen molar-refractivity contribution in [1.82, 2.24) is 0 Å². The van der Waals surface area contributed by atoms with Gasteiger partial charge in [-0.2, -0.15) is 0 Å². The van der Waals surface area contributed by atoms with Crippen molar-refractivity contribution in [2.75, 3.05) is 0 Å². The van der Waals surface area contributed by atoms with Gasteiger partial charge in [0.25, 0.3) is 0 Å². The Morgan fingerprint density at radius 3 is 0.600 bits per heavy atom. The predicted octanol–water partition coefficient (Wildman–Crippen LogP) is 2.05. The third kappa shape index (κ3) is 81.9. The summed E-state index contributed by atoms with van der Waals surface area (Å²) < 4.78 is 0. The van der Waals surface area contributed by atoms with E-state index in [2.05, 4.69) is 0 Å². The fourth-order valence-corrected chi connectivity index (χ4v) is 0. The molecule has 0 N–H and O–H groups in total. The molecule has 0 rings (SSSR count). The normalized spacial score (nSPS) is 2.40. The van der Waals surface area contributed by atoms with E-state index in [9.17, 15) is 0 Å². The number of hydrogen-bond acceptors (Lipinski definition) is 0. The van der Waals surface area contributed by atoms with Gasteiger partial charge in [-0.05, 0) is 0 Å². The maximum Gasteiger partial charge on any atom is 0 e. The van der Waals surface area contributed by atoms with Gasteiger partial charge in [0.1, 0.15) is 0 Å². The van der Waals surface area contributed by atoms with Crippen LogP contribution < -0.4 is 0 Å². The van der Waals surface area contributed by atoms with Crippen LogP contribution in [0, 0.1) is 0 Å². The van der Waals surface area contributed by atoms with Gasteiger partial charge in [0.2, 0.25) is 0 Å². The Hall–Kier alpha value is 0.623. The molecule has 1 heteroatoms. The second-order valence-corrected chi connectivity index (χ2v) is 0. The molecular formula is C4H12Zn. The van der Waals surface area contributed by atoms with E-state index in [1.54, 1.807) is 0 Å². The van der Waals surface area contributed by atoms with Crippen molar-refractivity contribution >= 4 is 0 Å². The minimum Gasteiger partial charge on any atom is -0.0683 e. The zero-order chi connectivity index (χ0) is 4.00. The van der Waals surface area contributed by atoms with E-state index < -0.39 is 0 Å². The molecule has 0 nitrogen and oxygen atoms in total. The number of rotatable bonds is 0. The Morgan fingerprint density at radius 2 is 0.600 bits per heavy atom. The summed E-state index contributed by atoms with van der Waals surface area (Å²) in [6, 6.07) is 0. The van der Waals surface area contributed by atoms with Gasteiger partial charge in [0, 0.05) is 19.5 Å². The Bertz CT molecular complexity index is 3.61. The molecule has 0 saturated heterocycles. The van der Waals surface area contributed by atoms with Crippen molar-refractivity contribution in [1.29, 1.82) is 0 Å². The molecule has 0 bridgehead atoms. The van der Waals surface area contributed by atoms with Gasteiger partial charge in [-0.15, -0.1) is 0 Å². The zero-order valence-corrected chi connectivity index (χ0v) is 7.67. The molecule has 0 heterocycles. The zero-order valence-electron chi connectivity index (χ0n) is 4.71. The van der Waals surface area contributed by atoms with Gasteiger partial charge in [-0.25, -0.2) is 0 Å². The molecule has 5 heavy (non-hydrogen) atoms. The standard InChI is InChI=1S/2C2H6.Zn/c2*1-2;/h2*1-2H3;. The first-order valence-corrected chi connectivity index (χ1v) is 2.00. The van der Waals surface area contributed by atoms with Crippen LogP contribution >= 0.6 is 0 Å². The summed E-state index contributed by atoms with van der Waals surface area (Å²) in [5.41, 5.74) is 0.